The van der Waals surface area contributed by atoms with E-state index in [1.54, 1.807) is 4.57 Å². The Morgan fingerprint density at radius 2 is 2.19 bits per heavy atom. The fourth-order valence-electron chi connectivity index (χ4n) is 2.21. The maximum absolute atomic E-state index is 12.6. The number of aromatic nitrogens is 2. The van der Waals surface area contributed by atoms with E-state index in [-0.39, 0.29) is 17.6 Å². The number of ether oxygens (including phenoxy) is 1. The molecule has 1 aromatic heterocycles. The van der Waals surface area contributed by atoms with Crippen molar-refractivity contribution in [1.82, 2.24) is 9.55 Å². The van der Waals surface area contributed by atoms with Crippen molar-refractivity contribution >= 4 is 28.6 Å². The van der Waals surface area contributed by atoms with Crippen molar-refractivity contribution in [2.45, 2.75) is 30.5 Å². The summed E-state index contributed by atoms with van der Waals surface area (Å²) in [5, 5.41) is 1.35. The number of hydrogen-bond donors (Lipinski definition) is 0. The first-order valence-electron chi connectivity index (χ1n) is 6.91. The quantitative estimate of drug-likeness (QED) is 0.482. The SMILES string of the molecule is COC(=O)CCSc1nc2ccccc2c(=O)n1C1CC1. The van der Waals surface area contributed by atoms with Crippen molar-refractivity contribution in [2.75, 3.05) is 12.9 Å². The van der Waals surface area contributed by atoms with Crippen LogP contribution in [0.15, 0.2) is 34.2 Å². The average Bonchev–Trinajstić information content (AvgIpc) is 3.32. The number of nitrogens with zero attached hydrogens (tertiary/aromatic N) is 2. The molecule has 0 spiro atoms. The molecule has 1 saturated carbocycles. The van der Waals surface area contributed by atoms with Crippen LogP contribution in [0.4, 0.5) is 0 Å². The zero-order valence-corrected chi connectivity index (χ0v) is 12.6. The minimum Gasteiger partial charge on any atom is -0.469 e. The Bertz CT molecular complexity index is 737. The van der Waals surface area contributed by atoms with E-state index in [1.807, 2.05) is 24.3 Å². The van der Waals surface area contributed by atoms with E-state index in [9.17, 15) is 9.59 Å². The van der Waals surface area contributed by atoms with Gasteiger partial charge in [0, 0.05) is 11.8 Å². The van der Waals surface area contributed by atoms with E-state index in [4.69, 9.17) is 0 Å². The summed E-state index contributed by atoms with van der Waals surface area (Å²) >= 11 is 1.44. The molecule has 110 valence electrons. The van der Waals surface area contributed by atoms with Gasteiger partial charge < -0.3 is 4.74 Å². The number of methoxy groups -OCH3 is 1. The van der Waals surface area contributed by atoms with Crippen LogP contribution in [0.1, 0.15) is 25.3 Å². The number of rotatable bonds is 5. The molecule has 0 radical (unpaired) electrons. The lowest BCUT2D eigenvalue weighted by molar-refractivity contribution is -0.140. The second kappa shape index (κ2) is 5.89. The zero-order valence-electron chi connectivity index (χ0n) is 11.7. The maximum Gasteiger partial charge on any atom is 0.306 e. The van der Waals surface area contributed by atoms with Gasteiger partial charge in [0.15, 0.2) is 5.16 Å². The van der Waals surface area contributed by atoms with Crippen molar-refractivity contribution in [1.29, 1.82) is 0 Å². The largest absolute Gasteiger partial charge is 0.469 e. The molecule has 1 aromatic carbocycles. The molecule has 0 N–H and O–H groups in total. The monoisotopic (exact) mass is 304 g/mol. The highest BCUT2D eigenvalue weighted by Gasteiger charge is 2.28. The van der Waals surface area contributed by atoms with Crippen molar-refractivity contribution in [3.63, 3.8) is 0 Å². The summed E-state index contributed by atoms with van der Waals surface area (Å²) < 4.78 is 6.41. The van der Waals surface area contributed by atoms with Crippen LogP contribution in [-0.4, -0.2) is 28.4 Å². The summed E-state index contributed by atoms with van der Waals surface area (Å²) in [5.74, 6) is 0.313. The zero-order chi connectivity index (χ0) is 14.8. The lowest BCUT2D eigenvalue weighted by atomic mass is 10.2. The topological polar surface area (TPSA) is 61.2 Å². The summed E-state index contributed by atoms with van der Waals surface area (Å²) in [6, 6.07) is 7.65. The fourth-order valence-corrected chi connectivity index (χ4v) is 3.20. The number of esters is 1. The van der Waals surface area contributed by atoms with Crippen LogP contribution in [0.3, 0.4) is 0 Å². The third-order valence-corrected chi connectivity index (χ3v) is 4.41. The number of thioether (sulfide) groups is 1. The van der Waals surface area contributed by atoms with Crippen LogP contribution >= 0.6 is 11.8 Å². The van der Waals surface area contributed by atoms with E-state index in [2.05, 4.69) is 9.72 Å². The smallest absolute Gasteiger partial charge is 0.306 e. The van der Waals surface area contributed by atoms with Gasteiger partial charge in [0.25, 0.3) is 5.56 Å². The molecule has 1 aliphatic carbocycles. The lowest BCUT2D eigenvalue weighted by Gasteiger charge is -2.11. The second-order valence-electron chi connectivity index (χ2n) is 4.99. The first kappa shape index (κ1) is 14.1. The van der Waals surface area contributed by atoms with Gasteiger partial charge in [-0.05, 0) is 25.0 Å². The molecule has 21 heavy (non-hydrogen) atoms. The Morgan fingerprint density at radius 1 is 1.43 bits per heavy atom. The summed E-state index contributed by atoms with van der Waals surface area (Å²) in [6.07, 6.45) is 2.35. The van der Waals surface area contributed by atoms with E-state index in [0.717, 1.165) is 12.8 Å². The fraction of sp³-hybridized carbons (Fsp3) is 0.400. The number of carbonyl (C=O) groups excluding carboxylic acids is 1. The number of hydrogen-bond acceptors (Lipinski definition) is 5. The Morgan fingerprint density at radius 3 is 2.90 bits per heavy atom. The molecule has 0 aliphatic heterocycles. The predicted molar refractivity (Wildman–Crippen MR) is 81.6 cm³/mol. The van der Waals surface area contributed by atoms with Crippen LogP contribution in [0.2, 0.25) is 0 Å². The van der Waals surface area contributed by atoms with Gasteiger partial charge in [0.1, 0.15) is 0 Å². The van der Waals surface area contributed by atoms with Gasteiger partial charge in [-0.1, -0.05) is 23.9 Å². The van der Waals surface area contributed by atoms with Crippen LogP contribution in [-0.2, 0) is 9.53 Å². The van der Waals surface area contributed by atoms with Crippen LogP contribution in [0.5, 0.6) is 0 Å². The third-order valence-electron chi connectivity index (χ3n) is 3.45. The van der Waals surface area contributed by atoms with Crippen LogP contribution in [0.25, 0.3) is 10.9 Å². The first-order chi connectivity index (χ1) is 10.2. The van der Waals surface area contributed by atoms with Gasteiger partial charge in [-0.15, -0.1) is 0 Å². The van der Waals surface area contributed by atoms with Gasteiger partial charge in [-0.2, -0.15) is 0 Å². The molecule has 0 saturated heterocycles. The van der Waals surface area contributed by atoms with Crippen molar-refractivity contribution in [3.8, 4) is 0 Å². The molecule has 1 aliphatic rings. The molecule has 0 bridgehead atoms. The van der Waals surface area contributed by atoms with E-state index >= 15 is 0 Å². The highest BCUT2D eigenvalue weighted by Crippen LogP contribution is 2.36. The highest BCUT2D eigenvalue weighted by atomic mass is 32.2. The summed E-state index contributed by atoms with van der Waals surface area (Å²) in [4.78, 5) is 28.4. The number of para-hydroxylation sites is 1. The Hall–Kier alpha value is -1.82. The molecule has 0 amide bonds. The van der Waals surface area contributed by atoms with Crippen LogP contribution in [0, 0.1) is 0 Å². The first-order valence-corrected chi connectivity index (χ1v) is 7.90. The number of carbonyl (C=O) groups is 1. The van der Waals surface area contributed by atoms with Crippen LogP contribution < -0.4 is 5.56 Å². The van der Waals surface area contributed by atoms with Gasteiger partial charge in [0.2, 0.25) is 0 Å². The lowest BCUT2D eigenvalue weighted by Crippen LogP contribution is -2.22. The molecule has 3 rings (SSSR count). The predicted octanol–water partition coefficient (Wildman–Crippen LogP) is 2.39. The minimum absolute atomic E-state index is 0.0173. The minimum atomic E-state index is -0.247. The molecule has 0 atom stereocenters. The van der Waals surface area contributed by atoms with Gasteiger partial charge >= 0.3 is 5.97 Å². The maximum atomic E-state index is 12.6. The van der Waals surface area contributed by atoms with Crippen molar-refractivity contribution < 1.29 is 9.53 Å². The highest BCUT2D eigenvalue weighted by molar-refractivity contribution is 7.99. The molecule has 2 aromatic rings. The summed E-state index contributed by atoms with van der Waals surface area (Å²) in [7, 11) is 1.38. The molecule has 1 fully saturated rings. The Balaban J connectivity index is 1.94. The molecular weight excluding hydrogens is 288 g/mol. The second-order valence-corrected chi connectivity index (χ2v) is 6.05. The third kappa shape index (κ3) is 2.95. The number of benzene rings is 1. The molecule has 0 unspecified atom stereocenters. The Labute approximate surface area is 126 Å². The standard InChI is InChI=1S/C15H16N2O3S/c1-20-13(18)8-9-21-15-16-12-5-3-2-4-11(12)14(19)17(15)10-6-7-10/h2-5,10H,6-9H2,1H3. The normalized spacial score (nSPS) is 14.3. The summed E-state index contributed by atoms with van der Waals surface area (Å²) in [5.41, 5.74) is 0.726. The summed E-state index contributed by atoms with van der Waals surface area (Å²) in [6.45, 7) is 0. The van der Waals surface area contributed by atoms with Gasteiger partial charge in [-0.25, -0.2) is 4.98 Å². The van der Waals surface area contributed by atoms with E-state index < -0.39 is 0 Å². The number of fused-ring (bicyclic) bond motifs is 1. The van der Waals surface area contributed by atoms with Crippen molar-refractivity contribution in [3.05, 3.63) is 34.6 Å². The Kier molecular flexibility index (Phi) is 3.96. The van der Waals surface area contributed by atoms with Crippen molar-refractivity contribution in [2.24, 2.45) is 0 Å². The molecule has 1 heterocycles. The van der Waals surface area contributed by atoms with Gasteiger partial charge in [0.05, 0.1) is 24.4 Å². The average molecular weight is 304 g/mol. The molecular formula is C15H16N2O3S. The molecule has 6 heteroatoms. The van der Waals surface area contributed by atoms with E-state index in [1.165, 1.54) is 18.9 Å². The molecule has 5 nitrogen and oxygen atoms in total. The van der Waals surface area contributed by atoms with E-state index in [0.29, 0.717) is 28.2 Å². The van der Waals surface area contributed by atoms with Gasteiger partial charge in [-0.3, -0.25) is 14.2 Å².